The van der Waals surface area contributed by atoms with Crippen molar-refractivity contribution in [3.05, 3.63) is 118 Å². The molecule has 1 N–H and O–H groups in total. The Morgan fingerprint density at radius 3 is 2.06 bits per heavy atom. The number of rotatable bonds is 13. The Bertz CT molecular complexity index is 1880. The summed E-state index contributed by atoms with van der Waals surface area (Å²) in [5, 5.41) is 3.63. The molecular weight excluding hydrogens is 685 g/mol. The van der Waals surface area contributed by atoms with Gasteiger partial charge in [0.1, 0.15) is 12.6 Å². The molecular formula is C37H41Cl2N3O6S. The second kappa shape index (κ2) is 16.0. The molecule has 4 aromatic rings. The van der Waals surface area contributed by atoms with Crippen molar-refractivity contribution in [3.8, 4) is 11.5 Å². The molecule has 260 valence electrons. The molecule has 0 aliphatic carbocycles. The third-order valence-corrected chi connectivity index (χ3v) is 10.2. The van der Waals surface area contributed by atoms with Crippen LogP contribution < -0.4 is 19.1 Å². The van der Waals surface area contributed by atoms with E-state index >= 15 is 0 Å². The fourth-order valence-electron chi connectivity index (χ4n) is 5.19. The zero-order chi connectivity index (χ0) is 35.9. The molecule has 9 nitrogen and oxygen atoms in total. The van der Waals surface area contributed by atoms with Gasteiger partial charge in [-0.2, -0.15) is 0 Å². The Morgan fingerprint density at radius 1 is 0.816 bits per heavy atom. The van der Waals surface area contributed by atoms with Crippen LogP contribution in [-0.4, -0.2) is 57.5 Å². The summed E-state index contributed by atoms with van der Waals surface area (Å²) in [6, 6.07) is 24.3. The summed E-state index contributed by atoms with van der Waals surface area (Å²) in [5.74, 6) is -0.447. The lowest BCUT2D eigenvalue weighted by atomic mass is 10.0. The number of benzene rings is 4. The Hall–Kier alpha value is -4.25. The van der Waals surface area contributed by atoms with Crippen LogP contribution in [0.4, 0.5) is 5.69 Å². The highest BCUT2D eigenvalue weighted by Gasteiger charge is 2.36. The summed E-state index contributed by atoms with van der Waals surface area (Å²) >= 11 is 12.6. The number of methoxy groups -OCH3 is 2. The number of anilines is 1. The number of aryl methyl sites for hydroxylation is 1. The lowest BCUT2D eigenvalue weighted by molar-refractivity contribution is -0.140. The van der Waals surface area contributed by atoms with Crippen LogP contribution in [0.2, 0.25) is 10.0 Å². The first-order valence-electron chi connectivity index (χ1n) is 15.5. The molecule has 0 radical (unpaired) electrons. The number of hydrogen-bond donors (Lipinski definition) is 1. The van der Waals surface area contributed by atoms with Crippen LogP contribution in [-0.2, 0) is 32.6 Å². The smallest absolute Gasteiger partial charge is 0.264 e. The van der Waals surface area contributed by atoms with E-state index in [1.165, 1.54) is 37.3 Å². The van der Waals surface area contributed by atoms with Gasteiger partial charge in [0, 0.05) is 24.6 Å². The topological polar surface area (TPSA) is 105 Å². The Morgan fingerprint density at radius 2 is 1.47 bits per heavy atom. The average molecular weight is 727 g/mol. The van der Waals surface area contributed by atoms with Gasteiger partial charge in [0.05, 0.1) is 34.8 Å². The van der Waals surface area contributed by atoms with Gasteiger partial charge in [0.25, 0.3) is 10.0 Å². The minimum Gasteiger partial charge on any atom is -0.493 e. The highest BCUT2D eigenvalue weighted by molar-refractivity contribution is 7.92. The first-order chi connectivity index (χ1) is 23.1. The van der Waals surface area contributed by atoms with Crippen molar-refractivity contribution >= 4 is 50.7 Å². The second-order valence-corrected chi connectivity index (χ2v) is 15.3. The van der Waals surface area contributed by atoms with Crippen molar-refractivity contribution in [2.24, 2.45) is 0 Å². The number of amides is 2. The molecule has 0 aromatic heterocycles. The van der Waals surface area contributed by atoms with E-state index in [4.69, 9.17) is 32.7 Å². The molecule has 4 rings (SSSR count). The molecule has 0 aliphatic rings. The molecule has 0 unspecified atom stereocenters. The largest absolute Gasteiger partial charge is 0.493 e. The van der Waals surface area contributed by atoms with Crippen LogP contribution in [0.5, 0.6) is 11.5 Å². The SMILES string of the molecule is COc1ccc(S(=O)(=O)N(CC(=O)N(Cc2ccc(Cl)c(Cl)c2)[C@H](Cc2ccccc2)C(=O)NC(C)(C)C)c2ccc(C)cc2)cc1OC. The molecule has 0 bridgehead atoms. The van der Waals surface area contributed by atoms with Crippen molar-refractivity contribution < 1.29 is 27.5 Å². The van der Waals surface area contributed by atoms with Crippen molar-refractivity contribution in [3.63, 3.8) is 0 Å². The molecule has 2 amide bonds. The van der Waals surface area contributed by atoms with Crippen molar-refractivity contribution in [1.29, 1.82) is 0 Å². The van der Waals surface area contributed by atoms with E-state index in [2.05, 4.69) is 5.32 Å². The summed E-state index contributed by atoms with van der Waals surface area (Å²) in [7, 11) is -1.50. The number of ether oxygens (including phenoxy) is 2. The average Bonchev–Trinajstić information content (AvgIpc) is 3.06. The molecule has 4 aromatic carbocycles. The summed E-state index contributed by atoms with van der Waals surface area (Å²) in [6.07, 6.45) is 0.169. The second-order valence-electron chi connectivity index (χ2n) is 12.6. The molecule has 0 saturated heterocycles. The third kappa shape index (κ3) is 9.68. The minimum atomic E-state index is -4.36. The fraction of sp³-hybridized carbons (Fsp3) is 0.297. The van der Waals surface area contributed by atoms with Crippen LogP contribution in [0.3, 0.4) is 0 Å². The molecule has 0 fully saturated rings. The molecule has 1 atom stereocenters. The highest BCUT2D eigenvalue weighted by atomic mass is 35.5. The summed E-state index contributed by atoms with van der Waals surface area (Å²) in [5.41, 5.74) is 1.98. The summed E-state index contributed by atoms with van der Waals surface area (Å²) in [4.78, 5) is 30.0. The summed E-state index contributed by atoms with van der Waals surface area (Å²) < 4.78 is 40.6. The fourth-order valence-corrected chi connectivity index (χ4v) is 6.94. The summed E-state index contributed by atoms with van der Waals surface area (Å²) in [6.45, 7) is 6.76. The van der Waals surface area contributed by atoms with Gasteiger partial charge in [0.15, 0.2) is 11.5 Å². The minimum absolute atomic E-state index is 0.0526. The van der Waals surface area contributed by atoms with Gasteiger partial charge in [-0.3, -0.25) is 13.9 Å². The van der Waals surface area contributed by atoms with Crippen LogP contribution >= 0.6 is 23.2 Å². The zero-order valence-corrected chi connectivity index (χ0v) is 30.7. The third-order valence-electron chi connectivity index (χ3n) is 7.65. The Kier molecular flexibility index (Phi) is 12.2. The van der Waals surface area contributed by atoms with E-state index in [1.807, 2.05) is 58.0 Å². The van der Waals surface area contributed by atoms with Gasteiger partial charge < -0.3 is 19.7 Å². The number of carbonyl (C=O) groups is 2. The maximum absolute atomic E-state index is 14.7. The van der Waals surface area contributed by atoms with Gasteiger partial charge >= 0.3 is 0 Å². The standard InChI is InChI=1S/C37H41Cl2N3O6S/c1-25-12-15-28(16-13-25)42(49(45,46)29-17-19-33(47-5)34(22-29)48-6)24-35(43)41(23-27-14-18-30(38)31(39)20-27)32(36(44)40-37(2,3)4)21-26-10-8-7-9-11-26/h7-20,22,32H,21,23-24H2,1-6H3,(H,40,44)/t32-/m1/s1. The molecule has 0 spiro atoms. The Balaban J connectivity index is 1.85. The van der Waals surface area contributed by atoms with Crippen molar-refractivity contribution in [2.75, 3.05) is 25.1 Å². The molecule has 0 saturated carbocycles. The quantitative estimate of drug-likeness (QED) is 0.158. The number of halogens is 2. The van der Waals surface area contributed by atoms with Gasteiger partial charge in [-0.05, 0) is 75.2 Å². The molecule has 49 heavy (non-hydrogen) atoms. The Labute approximate surface area is 298 Å². The first kappa shape index (κ1) is 37.6. The molecule has 12 heteroatoms. The van der Waals surface area contributed by atoms with E-state index < -0.39 is 40.0 Å². The van der Waals surface area contributed by atoms with Crippen molar-refractivity contribution in [2.45, 2.75) is 57.1 Å². The van der Waals surface area contributed by atoms with Gasteiger partial charge in [-0.25, -0.2) is 8.42 Å². The maximum Gasteiger partial charge on any atom is 0.264 e. The van der Waals surface area contributed by atoms with E-state index in [0.29, 0.717) is 16.3 Å². The number of sulfonamides is 1. The van der Waals surface area contributed by atoms with E-state index in [9.17, 15) is 18.0 Å². The highest BCUT2D eigenvalue weighted by Crippen LogP contribution is 2.33. The van der Waals surface area contributed by atoms with E-state index in [1.54, 1.807) is 42.5 Å². The van der Waals surface area contributed by atoms with Gasteiger partial charge in [0.2, 0.25) is 11.8 Å². The number of nitrogens with zero attached hydrogens (tertiary/aromatic N) is 2. The molecule has 0 heterocycles. The first-order valence-corrected chi connectivity index (χ1v) is 17.7. The monoisotopic (exact) mass is 725 g/mol. The van der Waals surface area contributed by atoms with E-state index in [-0.39, 0.29) is 34.3 Å². The predicted octanol–water partition coefficient (Wildman–Crippen LogP) is 7.07. The number of carbonyl (C=O) groups excluding carboxylic acids is 2. The van der Waals surface area contributed by atoms with Crippen molar-refractivity contribution in [1.82, 2.24) is 10.2 Å². The van der Waals surface area contributed by atoms with Gasteiger partial charge in [-0.1, -0.05) is 77.3 Å². The normalized spacial score (nSPS) is 12.2. The number of hydrogen-bond acceptors (Lipinski definition) is 6. The van der Waals surface area contributed by atoms with E-state index in [0.717, 1.165) is 15.4 Å². The van der Waals surface area contributed by atoms with Crippen LogP contribution in [0.15, 0.2) is 95.9 Å². The lowest BCUT2D eigenvalue weighted by Crippen LogP contribution is -2.56. The maximum atomic E-state index is 14.7. The van der Waals surface area contributed by atoms with Crippen LogP contribution in [0.1, 0.15) is 37.5 Å². The molecule has 0 aliphatic heterocycles. The predicted molar refractivity (Wildman–Crippen MR) is 194 cm³/mol. The van der Waals surface area contributed by atoms with Crippen LogP contribution in [0.25, 0.3) is 0 Å². The van der Waals surface area contributed by atoms with Gasteiger partial charge in [-0.15, -0.1) is 0 Å². The zero-order valence-electron chi connectivity index (χ0n) is 28.4. The van der Waals surface area contributed by atoms with Crippen LogP contribution in [0, 0.1) is 6.92 Å². The lowest BCUT2D eigenvalue weighted by Gasteiger charge is -2.35. The number of nitrogens with one attached hydrogen (secondary N) is 1.